The standard InChI is InChI=1S/C18H26N2O3/c1-4-17(23-3)10-8-14(2)19-13-16-7-5-6-15(12-16)9-11-18(21)20-22/h4,8-12,16,19,22H,1,5-7,13H2,2-3H3,(H,20,21)/b11-9+,14-8+,17-10+. The summed E-state index contributed by atoms with van der Waals surface area (Å²) in [4.78, 5) is 11.0. The largest absolute Gasteiger partial charge is 0.497 e. The van der Waals surface area contributed by atoms with E-state index in [4.69, 9.17) is 9.94 Å². The summed E-state index contributed by atoms with van der Waals surface area (Å²) in [6.45, 7) is 6.52. The van der Waals surface area contributed by atoms with Crippen molar-refractivity contribution in [3.63, 3.8) is 0 Å². The number of hydrogen-bond donors (Lipinski definition) is 3. The van der Waals surface area contributed by atoms with E-state index in [1.807, 2.05) is 19.1 Å². The van der Waals surface area contributed by atoms with Gasteiger partial charge in [-0.1, -0.05) is 24.3 Å². The minimum Gasteiger partial charge on any atom is -0.497 e. The van der Waals surface area contributed by atoms with E-state index < -0.39 is 5.91 Å². The number of ether oxygens (including phenoxy) is 1. The first-order valence-corrected chi connectivity index (χ1v) is 7.70. The average Bonchev–Trinajstić information content (AvgIpc) is 2.59. The SMILES string of the molecule is C=C/C(=C\C=C(/C)NCC1C=C(/C=C/C(=O)NO)CCC1)OC. The fourth-order valence-corrected chi connectivity index (χ4v) is 2.34. The highest BCUT2D eigenvalue weighted by atomic mass is 16.5. The molecule has 0 spiro atoms. The van der Waals surface area contributed by atoms with Crippen molar-refractivity contribution in [3.8, 4) is 0 Å². The maximum atomic E-state index is 11.0. The van der Waals surface area contributed by atoms with E-state index in [0.29, 0.717) is 5.92 Å². The molecule has 0 aliphatic heterocycles. The molecule has 1 aliphatic carbocycles. The molecule has 1 amide bonds. The zero-order chi connectivity index (χ0) is 17.1. The van der Waals surface area contributed by atoms with Gasteiger partial charge in [-0.15, -0.1) is 0 Å². The Morgan fingerprint density at radius 2 is 2.30 bits per heavy atom. The van der Waals surface area contributed by atoms with Gasteiger partial charge in [-0.2, -0.15) is 0 Å². The number of carbonyl (C=O) groups is 1. The van der Waals surface area contributed by atoms with Crippen LogP contribution >= 0.6 is 0 Å². The predicted octanol–water partition coefficient (Wildman–Crippen LogP) is 2.98. The molecule has 5 heteroatoms. The lowest BCUT2D eigenvalue weighted by Gasteiger charge is -2.20. The van der Waals surface area contributed by atoms with Crippen molar-refractivity contribution in [1.29, 1.82) is 0 Å². The van der Waals surface area contributed by atoms with Crippen LogP contribution in [0.2, 0.25) is 0 Å². The molecule has 0 aromatic carbocycles. The van der Waals surface area contributed by atoms with Crippen LogP contribution < -0.4 is 10.8 Å². The molecule has 0 aromatic heterocycles. The highest BCUT2D eigenvalue weighted by Crippen LogP contribution is 2.23. The van der Waals surface area contributed by atoms with Crippen LogP contribution in [0.25, 0.3) is 0 Å². The van der Waals surface area contributed by atoms with E-state index in [1.165, 1.54) is 6.08 Å². The molecule has 0 radical (unpaired) electrons. The van der Waals surface area contributed by atoms with Gasteiger partial charge in [0.25, 0.3) is 5.91 Å². The Morgan fingerprint density at radius 1 is 1.52 bits per heavy atom. The van der Waals surface area contributed by atoms with Crippen LogP contribution in [0.1, 0.15) is 26.2 Å². The highest BCUT2D eigenvalue weighted by Gasteiger charge is 2.12. The van der Waals surface area contributed by atoms with Crippen LogP contribution in [-0.2, 0) is 9.53 Å². The molecule has 0 aromatic rings. The fourth-order valence-electron chi connectivity index (χ4n) is 2.34. The summed E-state index contributed by atoms with van der Waals surface area (Å²) in [5, 5.41) is 11.9. The minimum atomic E-state index is -0.507. The molecule has 3 N–H and O–H groups in total. The molecule has 1 rings (SSSR count). The first-order valence-electron chi connectivity index (χ1n) is 7.70. The van der Waals surface area contributed by atoms with E-state index in [9.17, 15) is 4.79 Å². The second kappa shape index (κ2) is 10.5. The summed E-state index contributed by atoms with van der Waals surface area (Å²) in [5.74, 6) is 0.639. The molecule has 0 saturated heterocycles. The molecule has 1 atom stereocenters. The van der Waals surface area contributed by atoms with Crippen molar-refractivity contribution in [2.24, 2.45) is 5.92 Å². The molecule has 1 aliphatic rings. The smallest absolute Gasteiger partial charge is 0.267 e. The van der Waals surface area contributed by atoms with Gasteiger partial charge in [0.2, 0.25) is 0 Å². The third kappa shape index (κ3) is 7.51. The topological polar surface area (TPSA) is 70.6 Å². The molecular formula is C18H26N2O3. The third-order valence-corrected chi connectivity index (χ3v) is 3.63. The Balaban J connectivity index is 2.55. The average molecular weight is 318 g/mol. The molecule has 0 bridgehead atoms. The molecular weight excluding hydrogens is 292 g/mol. The van der Waals surface area contributed by atoms with Crippen LogP contribution in [0.5, 0.6) is 0 Å². The Morgan fingerprint density at radius 3 is 2.96 bits per heavy atom. The maximum absolute atomic E-state index is 11.0. The highest BCUT2D eigenvalue weighted by molar-refractivity contribution is 5.86. The molecule has 1 unspecified atom stereocenters. The van der Waals surface area contributed by atoms with E-state index in [1.54, 1.807) is 24.7 Å². The third-order valence-electron chi connectivity index (χ3n) is 3.63. The lowest BCUT2D eigenvalue weighted by Crippen LogP contribution is -2.22. The van der Waals surface area contributed by atoms with Crippen molar-refractivity contribution < 1.29 is 14.7 Å². The summed E-state index contributed by atoms with van der Waals surface area (Å²) in [6, 6.07) is 0. The van der Waals surface area contributed by atoms with Gasteiger partial charge >= 0.3 is 0 Å². The molecule has 23 heavy (non-hydrogen) atoms. The van der Waals surface area contributed by atoms with Gasteiger partial charge in [0.15, 0.2) is 0 Å². The van der Waals surface area contributed by atoms with Crippen molar-refractivity contribution in [2.75, 3.05) is 13.7 Å². The monoisotopic (exact) mass is 318 g/mol. The summed E-state index contributed by atoms with van der Waals surface area (Å²) in [6.07, 6.45) is 14.0. The Hall–Kier alpha value is -2.27. The van der Waals surface area contributed by atoms with Gasteiger partial charge in [0.1, 0.15) is 5.76 Å². The molecule has 0 fully saturated rings. The number of allylic oxidation sites excluding steroid dienone is 6. The minimum absolute atomic E-state index is 0.425. The van der Waals surface area contributed by atoms with Crippen LogP contribution in [-0.4, -0.2) is 24.8 Å². The normalized spacial score (nSPS) is 19.3. The zero-order valence-electron chi connectivity index (χ0n) is 13.8. The predicted molar refractivity (Wildman–Crippen MR) is 91.5 cm³/mol. The van der Waals surface area contributed by atoms with Gasteiger partial charge in [-0.25, -0.2) is 5.48 Å². The summed E-state index contributed by atoms with van der Waals surface area (Å²) >= 11 is 0. The van der Waals surface area contributed by atoms with Crippen molar-refractivity contribution in [2.45, 2.75) is 26.2 Å². The molecule has 5 nitrogen and oxygen atoms in total. The van der Waals surface area contributed by atoms with Crippen LogP contribution in [0.4, 0.5) is 0 Å². The first-order chi connectivity index (χ1) is 11.1. The van der Waals surface area contributed by atoms with Crippen LogP contribution in [0, 0.1) is 5.92 Å². The van der Waals surface area contributed by atoms with E-state index in [-0.39, 0.29) is 0 Å². The van der Waals surface area contributed by atoms with Crippen molar-refractivity contribution in [3.05, 3.63) is 60.1 Å². The zero-order valence-corrected chi connectivity index (χ0v) is 13.8. The molecule has 126 valence electrons. The number of rotatable bonds is 8. The quantitative estimate of drug-likeness (QED) is 0.211. The van der Waals surface area contributed by atoms with Crippen molar-refractivity contribution in [1.82, 2.24) is 10.8 Å². The lowest BCUT2D eigenvalue weighted by atomic mass is 9.90. The molecule has 0 heterocycles. The second-order valence-corrected chi connectivity index (χ2v) is 5.41. The van der Waals surface area contributed by atoms with Gasteiger partial charge in [0, 0.05) is 18.3 Å². The number of hydroxylamine groups is 1. The lowest BCUT2D eigenvalue weighted by molar-refractivity contribution is -0.124. The number of hydrogen-bond acceptors (Lipinski definition) is 4. The Kier molecular flexibility index (Phi) is 8.54. The summed E-state index contributed by atoms with van der Waals surface area (Å²) < 4.78 is 5.12. The summed E-state index contributed by atoms with van der Waals surface area (Å²) in [5.41, 5.74) is 3.77. The van der Waals surface area contributed by atoms with Crippen LogP contribution in [0.15, 0.2) is 60.1 Å². The Bertz CT molecular complexity index is 530. The van der Waals surface area contributed by atoms with E-state index in [2.05, 4.69) is 18.0 Å². The van der Waals surface area contributed by atoms with Gasteiger partial charge in [-0.05, 0) is 50.3 Å². The summed E-state index contributed by atoms with van der Waals surface area (Å²) in [7, 11) is 1.61. The van der Waals surface area contributed by atoms with Crippen LogP contribution in [0.3, 0.4) is 0 Å². The maximum Gasteiger partial charge on any atom is 0.267 e. The first kappa shape index (κ1) is 18.8. The number of carbonyl (C=O) groups excluding carboxylic acids is 1. The number of methoxy groups -OCH3 is 1. The molecule has 0 saturated carbocycles. The van der Waals surface area contributed by atoms with Gasteiger partial charge in [-0.3, -0.25) is 10.0 Å². The Labute approximate surface area is 138 Å². The van der Waals surface area contributed by atoms with E-state index >= 15 is 0 Å². The van der Waals surface area contributed by atoms with E-state index in [0.717, 1.165) is 42.8 Å². The fraction of sp³-hybridized carbons (Fsp3) is 0.389. The second-order valence-electron chi connectivity index (χ2n) is 5.41. The number of nitrogens with one attached hydrogen (secondary N) is 2. The van der Waals surface area contributed by atoms with Crippen molar-refractivity contribution >= 4 is 5.91 Å². The van der Waals surface area contributed by atoms with Gasteiger partial charge < -0.3 is 10.1 Å². The van der Waals surface area contributed by atoms with Gasteiger partial charge in [0.05, 0.1) is 7.11 Å². The number of amides is 1.